The van der Waals surface area contributed by atoms with Crippen LogP contribution < -0.4 is 4.57 Å². The monoisotopic (exact) mass is 202 g/mol. The van der Waals surface area contributed by atoms with Gasteiger partial charge in [0.1, 0.15) is 7.05 Å². The summed E-state index contributed by atoms with van der Waals surface area (Å²) < 4.78 is 24.0. The fourth-order valence-electron chi connectivity index (χ4n) is 1.63. The maximum absolute atomic E-state index is 7.35. The first-order chi connectivity index (χ1) is 8.39. The van der Waals surface area contributed by atoms with Crippen LogP contribution in [-0.2, 0) is 7.05 Å². The van der Waals surface area contributed by atoms with E-state index < -0.39 is 6.85 Å². The molecule has 0 unspecified atom stereocenters. The van der Waals surface area contributed by atoms with Crippen molar-refractivity contribution in [3.8, 4) is 11.3 Å². The second kappa shape index (κ2) is 3.81. The van der Waals surface area contributed by atoms with Gasteiger partial charge < -0.3 is 0 Å². The Hall–Kier alpha value is -1.70. The molecule has 0 saturated carbocycles. The highest BCUT2D eigenvalue weighted by atomic mass is 14.9. The molecule has 2 rings (SSSR count). The second-order valence-corrected chi connectivity index (χ2v) is 3.58. The van der Waals surface area contributed by atoms with Crippen molar-refractivity contribution in [3.63, 3.8) is 0 Å². The molecule has 0 atom stereocenters. The minimum Gasteiger partial charge on any atom is -0.261 e. The predicted molar refractivity (Wildman–Crippen MR) is 60.3 cm³/mol. The lowest BCUT2D eigenvalue weighted by Crippen LogP contribution is -2.30. The molecule has 2 aromatic heterocycles. The van der Waals surface area contributed by atoms with Crippen LogP contribution in [0.2, 0.25) is 0 Å². The van der Waals surface area contributed by atoms with Gasteiger partial charge in [0.05, 0.1) is 5.56 Å². The van der Waals surface area contributed by atoms with Crippen molar-refractivity contribution in [1.82, 2.24) is 4.98 Å². The van der Waals surface area contributed by atoms with Gasteiger partial charge in [0.15, 0.2) is 6.20 Å². The third kappa shape index (κ3) is 1.89. The summed E-state index contributed by atoms with van der Waals surface area (Å²) in [7, 11) is 1.95. The lowest BCUT2D eigenvalue weighted by Gasteiger charge is -2.04. The Morgan fingerprint density at radius 2 is 2.27 bits per heavy atom. The van der Waals surface area contributed by atoms with Gasteiger partial charge in [-0.25, -0.2) is 4.57 Å². The Balaban J connectivity index is 2.52. The summed E-state index contributed by atoms with van der Waals surface area (Å²) in [5, 5.41) is 0. The van der Waals surface area contributed by atoms with Crippen LogP contribution in [0.3, 0.4) is 0 Å². The summed E-state index contributed by atoms with van der Waals surface area (Å²) in [6.45, 7) is -0.249. The van der Waals surface area contributed by atoms with E-state index in [1.807, 2.05) is 42.9 Å². The van der Waals surface area contributed by atoms with Crippen LogP contribution in [0.5, 0.6) is 0 Å². The second-order valence-electron chi connectivity index (χ2n) is 3.58. The van der Waals surface area contributed by atoms with E-state index in [0.717, 1.165) is 16.8 Å². The minimum absolute atomic E-state index is 0.141. The molecule has 0 spiro atoms. The van der Waals surface area contributed by atoms with Crippen LogP contribution in [0.1, 0.15) is 15.4 Å². The third-order valence-electron chi connectivity index (χ3n) is 2.44. The molecule has 76 valence electrons. The highest BCUT2D eigenvalue weighted by Crippen LogP contribution is 2.18. The van der Waals surface area contributed by atoms with Crippen LogP contribution in [0.15, 0.2) is 36.7 Å². The average molecular weight is 202 g/mol. The third-order valence-corrected chi connectivity index (χ3v) is 2.44. The Bertz CT molecular complexity index is 577. The zero-order valence-corrected chi connectivity index (χ0v) is 8.86. The molecular weight excluding hydrogens is 184 g/mol. The van der Waals surface area contributed by atoms with E-state index >= 15 is 0 Å². The zero-order valence-electron chi connectivity index (χ0n) is 11.9. The molecule has 0 aromatic carbocycles. The molecule has 0 aliphatic carbocycles. The molecule has 2 nitrogen and oxygen atoms in total. The summed E-state index contributed by atoms with van der Waals surface area (Å²) in [5.74, 6) is 0. The summed E-state index contributed by atoms with van der Waals surface area (Å²) >= 11 is 0. The van der Waals surface area contributed by atoms with E-state index in [2.05, 4.69) is 4.98 Å². The SMILES string of the molecule is [2H]C([2H])([2H])c1cc(C)c(-c2cccc[n+]2C)cn1. The van der Waals surface area contributed by atoms with E-state index in [4.69, 9.17) is 4.11 Å². The number of nitrogens with zero attached hydrogens (tertiary/aromatic N) is 2. The molecule has 0 amide bonds. The number of rotatable bonds is 1. The van der Waals surface area contributed by atoms with Gasteiger partial charge in [0.25, 0.3) is 0 Å². The number of pyridine rings is 2. The van der Waals surface area contributed by atoms with Crippen LogP contribution in [-0.4, -0.2) is 4.98 Å². The molecule has 2 heterocycles. The molecule has 0 saturated heterocycles. The van der Waals surface area contributed by atoms with Gasteiger partial charge in [-0.15, -0.1) is 0 Å². The molecule has 2 heteroatoms. The first-order valence-corrected chi connectivity index (χ1v) is 4.82. The van der Waals surface area contributed by atoms with Gasteiger partial charge in [-0.3, -0.25) is 4.98 Å². The van der Waals surface area contributed by atoms with Crippen molar-refractivity contribution < 1.29 is 8.68 Å². The van der Waals surface area contributed by atoms with Gasteiger partial charge in [-0.2, -0.15) is 0 Å². The molecular formula is C13H15N2+. The smallest absolute Gasteiger partial charge is 0.214 e. The standard InChI is InChI=1S/C13H15N2/c1-10-8-11(2)14-9-12(10)13-6-4-5-7-15(13)3/h4-9H,1-3H3/q+1/i2D3. The summed E-state index contributed by atoms with van der Waals surface area (Å²) in [5.41, 5.74) is 3.02. The topological polar surface area (TPSA) is 16.8 Å². The van der Waals surface area contributed by atoms with E-state index in [1.165, 1.54) is 0 Å². The first-order valence-electron chi connectivity index (χ1n) is 6.32. The normalized spacial score (nSPS) is 14.1. The summed E-state index contributed by atoms with van der Waals surface area (Å²) in [6, 6.07) is 7.52. The van der Waals surface area contributed by atoms with Crippen molar-refractivity contribution in [1.29, 1.82) is 0 Å². The van der Waals surface area contributed by atoms with Crippen LogP contribution in [0.4, 0.5) is 0 Å². The largest absolute Gasteiger partial charge is 0.261 e. The predicted octanol–water partition coefficient (Wildman–Crippen LogP) is 2.19. The van der Waals surface area contributed by atoms with Gasteiger partial charge in [0.2, 0.25) is 5.69 Å². The highest BCUT2D eigenvalue weighted by molar-refractivity contribution is 5.59. The molecule has 0 aliphatic rings. The molecule has 0 bridgehead atoms. The molecule has 0 radical (unpaired) electrons. The van der Waals surface area contributed by atoms with Gasteiger partial charge >= 0.3 is 0 Å². The number of aryl methyl sites for hydroxylation is 3. The molecule has 2 aromatic rings. The first kappa shape index (κ1) is 6.72. The van der Waals surface area contributed by atoms with Crippen molar-refractivity contribution >= 4 is 0 Å². The van der Waals surface area contributed by atoms with Crippen molar-refractivity contribution in [2.24, 2.45) is 7.05 Å². The van der Waals surface area contributed by atoms with Crippen LogP contribution >= 0.6 is 0 Å². The zero-order chi connectivity index (χ0) is 13.3. The van der Waals surface area contributed by atoms with Crippen molar-refractivity contribution in [3.05, 3.63) is 47.9 Å². The minimum atomic E-state index is -2.15. The summed E-state index contributed by atoms with van der Waals surface area (Å²) in [4.78, 5) is 4.05. The van der Waals surface area contributed by atoms with E-state index in [-0.39, 0.29) is 5.69 Å². The van der Waals surface area contributed by atoms with E-state index in [0.29, 0.717) is 0 Å². The van der Waals surface area contributed by atoms with Crippen molar-refractivity contribution in [2.45, 2.75) is 13.8 Å². The maximum atomic E-state index is 7.35. The highest BCUT2D eigenvalue weighted by Gasteiger charge is 2.11. The number of hydrogen-bond acceptors (Lipinski definition) is 1. The lowest BCUT2D eigenvalue weighted by atomic mass is 10.1. The molecule has 15 heavy (non-hydrogen) atoms. The van der Waals surface area contributed by atoms with Gasteiger partial charge in [-0.1, -0.05) is 0 Å². The Morgan fingerprint density at radius 3 is 2.93 bits per heavy atom. The van der Waals surface area contributed by atoms with Gasteiger partial charge in [0, 0.05) is 28.1 Å². The van der Waals surface area contributed by atoms with Crippen LogP contribution in [0, 0.1) is 13.8 Å². The van der Waals surface area contributed by atoms with E-state index in [9.17, 15) is 0 Å². The molecule has 0 aliphatic heterocycles. The lowest BCUT2D eigenvalue weighted by molar-refractivity contribution is -0.660. The quantitative estimate of drug-likeness (QED) is 0.648. The van der Waals surface area contributed by atoms with Gasteiger partial charge in [-0.05, 0) is 31.5 Å². The fourth-order valence-corrected chi connectivity index (χ4v) is 1.63. The number of aromatic nitrogens is 2. The Kier molecular flexibility index (Phi) is 1.71. The Morgan fingerprint density at radius 1 is 1.40 bits per heavy atom. The summed E-state index contributed by atoms with van der Waals surface area (Å²) in [6.07, 6.45) is 3.58. The number of hydrogen-bond donors (Lipinski definition) is 0. The Labute approximate surface area is 94.4 Å². The van der Waals surface area contributed by atoms with Crippen molar-refractivity contribution in [2.75, 3.05) is 0 Å². The molecule has 0 N–H and O–H groups in total. The molecule has 0 fully saturated rings. The van der Waals surface area contributed by atoms with Crippen LogP contribution in [0.25, 0.3) is 11.3 Å². The maximum Gasteiger partial charge on any atom is 0.214 e. The fraction of sp³-hybridized carbons (Fsp3) is 0.231. The average Bonchev–Trinajstić information content (AvgIpc) is 2.29. The van der Waals surface area contributed by atoms with E-state index in [1.54, 1.807) is 12.3 Å².